The molecule has 0 radical (unpaired) electrons. The Hall–Kier alpha value is -2.92. The topological polar surface area (TPSA) is 49.0 Å². The second-order valence-corrected chi connectivity index (χ2v) is 9.07. The summed E-state index contributed by atoms with van der Waals surface area (Å²) in [4.78, 5) is 23.0. The van der Waals surface area contributed by atoms with E-state index < -0.39 is 0 Å². The van der Waals surface area contributed by atoms with Crippen LogP contribution in [-0.4, -0.2) is 22.8 Å². The molecule has 1 N–H and O–H groups in total. The number of aromatic amines is 1. The monoisotopic (exact) mass is 417 g/mol. The van der Waals surface area contributed by atoms with Gasteiger partial charge in [0.05, 0.1) is 5.69 Å². The molecule has 2 aromatic carbocycles. The van der Waals surface area contributed by atoms with Crippen LogP contribution >= 0.6 is 11.3 Å². The van der Waals surface area contributed by atoms with Crippen molar-refractivity contribution in [2.24, 2.45) is 5.92 Å². The predicted octanol–water partition coefficient (Wildman–Crippen LogP) is 6.09. The van der Waals surface area contributed by atoms with Crippen molar-refractivity contribution >= 4 is 33.7 Å². The second kappa shape index (κ2) is 9.26. The fourth-order valence-corrected chi connectivity index (χ4v) is 4.98. The Morgan fingerprint density at radius 3 is 2.73 bits per heavy atom. The summed E-state index contributed by atoms with van der Waals surface area (Å²) in [6, 6.07) is 19.0. The Bertz CT molecular complexity index is 1110. The number of benzene rings is 2. The van der Waals surface area contributed by atoms with E-state index in [1.54, 1.807) is 11.3 Å². The molecule has 0 bridgehead atoms. The van der Waals surface area contributed by atoms with Crippen molar-refractivity contribution in [3.63, 3.8) is 0 Å². The SMILES string of the molecule is CC(C)Cc1sc(N(CCC=O)Cc2ccccc2)nc1-c1ccc2[nH]ccc2c1. The molecule has 0 aliphatic carbocycles. The Labute approximate surface area is 181 Å². The van der Waals surface area contributed by atoms with Crippen LogP contribution in [0.3, 0.4) is 0 Å². The van der Waals surface area contributed by atoms with Crippen LogP contribution in [-0.2, 0) is 17.8 Å². The number of anilines is 1. The Morgan fingerprint density at radius 1 is 1.13 bits per heavy atom. The summed E-state index contributed by atoms with van der Waals surface area (Å²) in [5.74, 6) is 0.547. The van der Waals surface area contributed by atoms with Gasteiger partial charge in [0, 0.05) is 47.1 Å². The molecule has 4 rings (SSSR count). The van der Waals surface area contributed by atoms with Gasteiger partial charge in [-0.05, 0) is 36.1 Å². The van der Waals surface area contributed by atoms with E-state index in [-0.39, 0.29) is 0 Å². The van der Waals surface area contributed by atoms with Gasteiger partial charge in [0.15, 0.2) is 5.13 Å². The molecule has 0 aliphatic heterocycles. The Morgan fingerprint density at radius 2 is 1.97 bits per heavy atom. The van der Waals surface area contributed by atoms with Crippen LogP contribution in [0.25, 0.3) is 22.2 Å². The number of thiazole rings is 1. The van der Waals surface area contributed by atoms with Crippen molar-refractivity contribution in [3.8, 4) is 11.3 Å². The molecule has 0 amide bonds. The number of nitrogens with one attached hydrogen (secondary N) is 1. The third-order valence-corrected chi connectivity index (χ3v) is 6.25. The van der Waals surface area contributed by atoms with E-state index in [2.05, 4.69) is 72.3 Å². The first-order valence-electron chi connectivity index (χ1n) is 10.4. The molecule has 0 saturated carbocycles. The summed E-state index contributed by atoms with van der Waals surface area (Å²) in [6.07, 6.45) is 4.44. The summed E-state index contributed by atoms with van der Waals surface area (Å²) in [5.41, 5.74) is 4.57. The lowest BCUT2D eigenvalue weighted by atomic mass is 10.0. The molecule has 4 aromatic rings. The number of hydrogen-bond acceptors (Lipinski definition) is 4. The lowest BCUT2D eigenvalue weighted by molar-refractivity contribution is -0.107. The minimum atomic E-state index is 0.497. The Balaban J connectivity index is 1.72. The zero-order valence-corrected chi connectivity index (χ0v) is 18.3. The maximum Gasteiger partial charge on any atom is 0.186 e. The van der Waals surface area contributed by atoms with E-state index in [1.165, 1.54) is 15.8 Å². The lowest BCUT2D eigenvalue weighted by Crippen LogP contribution is -2.24. The van der Waals surface area contributed by atoms with Crippen molar-refractivity contribution in [3.05, 3.63) is 71.2 Å². The summed E-state index contributed by atoms with van der Waals surface area (Å²) in [5, 5.41) is 2.18. The highest BCUT2D eigenvalue weighted by atomic mass is 32.1. The highest BCUT2D eigenvalue weighted by Crippen LogP contribution is 2.36. The smallest absolute Gasteiger partial charge is 0.186 e. The molecular weight excluding hydrogens is 390 g/mol. The van der Waals surface area contributed by atoms with Gasteiger partial charge in [0.1, 0.15) is 6.29 Å². The summed E-state index contributed by atoms with van der Waals surface area (Å²) in [7, 11) is 0. The number of carbonyl (C=O) groups is 1. The molecule has 2 aromatic heterocycles. The Kier molecular flexibility index (Phi) is 6.29. The minimum absolute atomic E-state index is 0.497. The molecule has 4 nitrogen and oxygen atoms in total. The molecule has 0 unspecified atom stereocenters. The summed E-state index contributed by atoms with van der Waals surface area (Å²) >= 11 is 1.76. The highest BCUT2D eigenvalue weighted by Gasteiger charge is 2.19. The van der Waals surface area contributed by atoms with Crippen LogP contribution in [0, 0.1) is 5.92 Å². The highest BCUT2D eigenvalue weighted by molar-refractivity contribution is 7.16. The molecule has 0 saturated heterocycles. The quantitative estimate of drug-likeness (QED) is 0.336. The fourth-order valence-electron chi connectivity index (χ4n) is 3.66. The first-order valence-corrected chi connectivity index (χ1v) is 11.3. The molecule has 0 aliphatic rings. The number of H-pyrrole nitrogens is 1. The van der Waals surface area contributed by atoms with Gasteiger partial charge in [-0.15, -0.1) is 11.3 Å². The average Bonchev–Trinajstić information content (AvgIpc) is 3.37. The van der Waals surface area contributed by atoms with Gasteiger partial charge in [0.25, 0.3) is 0 Å². The fraction of sp³-hybridized carbons (Fsp3) is 0.280. The maximum absolute atomic E-state index is 11.1. The zero-order valence-electron chi connectivity index (χ0n) is 17.5. The van der Waals surface area contributed by atoms with Crippen molar-refractivity contribution < 1.29 is 4.79 Å². The molecule has 30 heavy (non-hydrogen) atoms. The van der Waals surface area contributed by atoms with Crippen LogP contribution in [0.2, 0.25) is 0 Å². The number of nitrogens with zero attached hydrogens (tertiary/aromatic N) is 2. The molecule has 0 atom stereocenters. The molecule has 0 fully saturated rings. The first-order chi connectivity index (χ1) is 14.6. The minimum Gasteiger partial charge on any atom is -0.361 e. The van der Waals surface area contributed by atoms with Crippen molar-refractivity contribution in [1.29, 1.82) is 0 Å². The van der Waals surface area contributed by atoms with Gasteiger partial charge < -0.3 is 14.7 Å². The van der Waals surface area contributed by atoms with E-state index in [0.717, 1.165) is 41.2 Å². The van der Waals surface area contributed by atoms with Crippen molar-refractivity contribution in [1.82, 2.24) is 9.97 Å². The number of fused-ring (bicyclic) bond motifs is 1. The van der Waals surface area contributed by atoms with E-state index in [9.17, 15) is 4.79 Å². The predicted molar refractivity (Wildman–Crippen MR) is 126 cm³/mol. The second-order valence-electron chi connectivity index (χ2n) is 8.01. The van der Waals surface area contributed by atoms with Gasteiger partial charge in [-0.25, -0.2) is 4.98 Å². The maximum atomic E-state index is 11.1. The van der Waals surface area contributed by atoms with E-state index in [4.69, 9.17) is 4.98 Å². The zero-order chi connectivity index (χ0) is 20.9. The van der Waals surface area contributed by atoms with Gasteiger partial charge in [-0.3, -0.25) is 0 Å². The normalized spacial score (nSPS) is 11.3. The number of hydrogen-bond donors (Lipinski definition) is 1. The molecule has 154 valence electrons. The van der Waals surface area contributed by atoms with Crippen LogP contribution < -0.4 is 4.90 Å². The van der Waals surface area contributed by atoms with Crippen molar-refractivity contribution in [2.75, 3.05) is 11.4 Å². The largest absolute Gasteiger partial charge is 0.361 e. The van der Waals surface area contributed by atoms with Crippen LogP contribution in [0.1, 0.15) is 30.7 Å². The van der Waals surface area contributed by atoms with Gasteiger partial charge in [0.2, 0.25) is 0 Å². The van der Waals surface area contributed by atoms with Crippen LogP contribution in [0.5, 0.6) is 0 Å². The molecule has 2 heterocycles. The third kappa shape index (κ3) is 4.62. The van der Waals surface area contributed by atoms with Gasteiger partial charge >= 0.3 is 0 Å². The summed E-state index contributed by atoms with van der Waals surface area (Å²) < 4.78 is 0. The number of carbonyl (C=O) groups excluding carboxylic acids is 1. The van der Waals surface area contributed by atoms with Crippen LogP contribution in [0.15, 0.2) is 60.8 Å². The molecule has 5 heteroatoms. The van der Waals surface area contributed by atoms with Gasteiger partial charge in [-0.1, -0.05) is 50.2 Å². The van der Waals surface area contributed by atoms with Gasteiger partial charge in [-0.2, -0.15) is 0 Å². The standard InChI is InChI=1S/C25H27N3OS/c1-18(2)15-23-24(21-9-10-22-20(16-21)11-12-26-22)27-25(30-23)28(13-6-14-29)17-19-7-4-3-5-8-19/h3-5,7-12,14,16,18,26H,6,13,15,17H2,1-2H3. The van der Waals surface area contributed by atoms with Crippen LogP contribution in [0.4, 0.5) is 5.13 Å². The number of rotatable bonds is 9. The van der Waals surface area contributed by atoms with E-state index >= 15 is 0 Å². The lowest BCUT2D eigenvalue weighted by Gasteiger charge is -2.21. The molecule has 0 spiro atoms. The average molecular weight is 418 g/mol. The molecular formula is C25H27N3OS. The number of aromatic nitrogens is 2. The third-order valence-electron chi connectivity index (χ3n) is 5.11. The van der Waals surface area contributed by atoms with Crippen molar-refractivity contribution in [2.45, 2.75) is 33.2 Å². The van der Waals surface area contributed by atoms with E-state index in [1.807, 2.05) is 12.3 Å². The van der Waals surface area contributed by atoms with E-state index in [0.29, 0.717) is 18.9 Å². The first kappa shape index (κ1) is 20.4. The number of aldehydes is 1. The summed E-state index contributed by atoms with van der Waals surface area (Å²) in [6.45, 7) is 5.90.